The number of piperidine rings is 1. The van der Waals surface area contributed by atoms with Crippen molar-refractivity contribution in [2.24, 2.45) is 0 Å². The molecule has 2 aliphatic heterocycles. The molecule has 2 aliphatic rings. The number of hydrogen-bond acceptors (Lipinski definition) is 4. The largest absolute Gasteiger partial charge is 0.401 e. The molecule has 2 saturated heterocycles. The number of aryl methyl sites for hydroxylation is 1. The zero-order valence-corrected chi connectivity index (χ0v) is 13.9. The van der Waals surface area contributed by atoms with Crippen molar-refractivity contribution in [2.75, 3.05) is 26.2 Å². The lowest BCUT2D eigenvalue weighted by molar-refractivity contribution is -0.148. The average molecular weight is 346 g/mol. The minimum atomic E-state index is -4.11. The van der Waals surface area contributed by atoms with Gasteiger partial charge in [0, 0.05) is 37.6 Å². The molecule has 1 N–H and O–H groups in total. The van der Waals surface area contributed by atoms with Crippen LogP contribution in [0.3, 0.4) is 0 Å². The predicted molar refractivity (Wildman–Crippen MR) is 83.7 cm³/mol. The number of nitrogens with one attached hydrogen (secondary N) is 1. The van der Waals surface area contributed by atoms with Crippen LogP contribution in [-0.4, -0.2) is 59.0 Å². The van der Waals surface area contributed by atoms with Crippen LogP contribution in [0.1, 0.15) is 38.1 Å². The van der Waals surface area contributed by atoms with Gasteiger partial charge in [0.1, 0.15) is 11.9 Å². The van der Waals surface area contributed by atoms with E-state index in [1.165, 1.54) is 4.90 Å². The number of nitrogens with zero attached hydrogens (tertiary/aromatic N) is 3. The molecule has 1 aromatic rings. The average Bonchev–Trinajstić information content (AvgIpc) is 3.15. The molecular weight excluding hydrogens is 321 g/mol. The monoisotopic (exact) mass is 346 g/mol. The van der Waals surface area contributed by atoms with Crippen LogP contribution in [0.5, 0.6) is 0 Å². The third-order valence-electron chi connectivity index (χ3n) is 4.87. The standard InChI is InChI=1S/C16H25F3N4O/c1-2-23-9-6-20-15(23)14-13(5-10-24-14)21-12-3-7-22(8-4-12)11-16(17,18)19/h6,9,12-14,21H,2-5,7-8,10-11H2,1H3/t13-,14-/m0/s1. The summed E-state index contributed by atoms with van der Waals surface area (Å²) in [6, 6.07) is 0.422. The van der Waals surface area contributed by atoms with E-state index in [-0.39, 0.29) is 18.2 Å². The highest BCUT2D eigenvalue weighted by Gasteiger charge is 2.36. The molecule has 0 bridgehead atoms. The van der Waals surface area contributed by atoms with Crippen molar-refractivity contribution < 1.29 is 17.9 Å². The maximum Gasteiger partial charge on any atom is 0.401 e. The molecule has 136 valence electrons. The van der Waals surface area contributed by atoms with Gasteiger partial charge in [-0.3, -0.25) is 4.90 Å². The van der Waals surface area contributed by atoms with Crippen LogP contribution in [0.25, 0.3) is 0 Å². The molecule has 0 saturated carbocycles. The van der Waals surface area contributed by atoms with Gasteiger partial charge in [-0.2, -0.15) is 13.2 Å². The number of hydrogen-bond donors (Lipinski definition) is 1. The summed E-state index contributed by atoms with van der Waals surface area (Å²) in [7, 11) is 0. The van der Waals surface area contributed by atoms with Crippen molar-refractivity contribution in [1.29, 1.82) is 0 Å². The Morgan fingerprint density at radius 2 is 2.04 bits per heavy atom. The van der Waals surface area contributed by atoms with E-state index >= 15 is 0 Å². The van der Waals surface area contributed by atoms with Crippen LogP contribution in [0.4, 0.5) is 13.2 Å². The van der Waals surface area contributed by atoms with E-state index in [1.807, 2.05) is 6.20 Å². The fraction of sp³-hybridized carbons (Fsp3) is 0.812. The Balaban J connectivity index is 1.53. The molecule has 0 amide bonds. The minimum absolute atomic E-state index is 0.0758. The van der Waals surface area contributed by atoms with Gasteiger partial charge in [-0.1, -0.05) is 0 Å². The molecule has 2 fully saturated rings. The summed E-state index contributed by atoms with van der Waals surface area (Å²) in [5.41, 5.74) is 0. The van der Waals surface area contributed by atoms with Gasteiger partial charge in [-0.05, 0) is 39.3 Å². The number of aromatic nitrogens is 2. The van der Waals surface area contributed by atoms with Crippen LogP contribution < -0.4 is 5.32 Å². The zero-order chi connectivity index (χ0) is 17.2. The molecule has 0 radical (unpaired) electrons. The quantitative estimate of drug-likeness (QED) is 0.889. The second kappa shape index (κ2) is 7.41. The lowest BCUT2D eigenvalue weighted by Crippen LogP contribution is -2.48. The predicted octanol–water partition coefficient (Wildman–Crippen LogP) is 2.35. The van der Waals surface area contributed by atoms with E-state index in [4.69, 9.17) is 4.74 Å². The Bertz CT molecular complexity index is 526. The van der Waals surface area contributed by atoms with Crippen molar-refractivity contribution in [3.63, 3.8) is 0 Å². The molecule has 0 aromatic carbocycles. The third-order valence-corrected chi connectivity index (χ3v) is 4.87. The van der Waals surface area contributed by atoms with Crippen molar-refractivity contribution in [3.8, 4) is 0 Å². The van der Waals surface area contributed by atoms with E-state index in [9.17, 15) is 13.2 Å². The molecule has 24 heavy (non-hydrogen) atoms. The topological polar surface area (TPSA) is 42.3 Å². The number of likely N-dealkylation sites (tertiary alicyclic amines) is 1. The fourth-order valence-corrected chi connectivity index (χ4v) is 3.67. The summed E-state index contributed by atoms with van der Waals surface area (Å²) < 4.78 is 45.3. The molecule has 0 spiro atoms. The highest BCUT2D eigenvalue weighted by Crippen LogP contribution is 2.29. The summed E-state index contributed by atoms with van der Waals surface area (Å²) >= 11 is 0. The van der Waals surface area contributed by atoms with E-state index in [2.05, 4.69) is 21.8 Å². The lowest BCUT2D eigenvalue weighted by atomic mass is 10.0. The van der Waals surface area contributed by atoms with E-state index in [0.29, 0.717) is 19.7 Å². The summed E-state index contributed by atoms with van der Waals surface area (Å²) in [6.45, 7) is 3.77. The third kappa shape index (κ3) is 4.29. The molecular formula is C16H25F3N4O. The number of rotatable bonds is 5. The maximum atomic E-state index is 12.5. The second-order valence-corrected chi connectivity index (χ2v) is 6.59. The Morgan fingerprint density at radius 3 is 2.71 bits per heavy atom. The van der Waals surface area contributed by atoms with E-state index in [0.717, 1.165) is 31.6 Å². The van der Waals surface area contributed by atoms with Crippen molar-refractivity contribution >= 4 is 0 Å². The van der Waals surface area contributed by atoms with Gasteiger partial charge >= 0.3 is 6.18 Å². The number of ether oxygens (including phenoxy) is 1. The SMILES string of the molecule is CCn1ccnc1[C@H]1OCC[C@@H]1NC1CCN(CC(F)(F)F)CC1. The Kier molecular flexibility index (Phi) is 5.46. The first kappa shape index (κ1) is 17.7. The normalized spacial score (nSPS) is 27.0. The van der Waals surface area contributed by atoms with Gasteiger partial charge in [0.15, 0.2) is 0 Å². The summed E-state index contributed by atoms with van der Waals surface area (Å²) in [6.07, 6.45) is 1.93. The summed E-state index contributed by atoms with van der Waals surface area (Å²) in [5, 5.41) is 3.60. The van der Waals surface area contributed by atoms with Crippen molar-refractivity contribution in [2.45, 2.75) is 57.1 Å². The number of imidazole rings is 1. The molecule has 1 aromatic heterocycles. The van der Waals surface area contributed by atoms with Gasteiger partial charge in [0.2, 0.25) is 0 Å². The van der Waals surface area contributed by atoms with Crippen LogP contribution in [0.2, 0.25) is 0 Å². The highest BCUT2D eigenvalue weighted by molar-refractivity contribution is 5.04. The van der Waals surface area contributed by atoms with Crippen molar-refractivity contribution in [1.82, 2.24) is 19.8 Å². The van der Waals surface area contributed by atoms with Crippen LogP contribution >= 0.6 is 0 Å². The first-order valence-electron chi connectivity index (χ1n) is 8.64. The minimum Gasteiger partial charge on any atom is -0.369 e. The highest BCUT2D eigenvalue weighted by atomic mass is 19.4. The van der Waals surface area contributed by atoms with Crippen LogP contribution in [0, 0.1) is 0 Å². The summed E-state index contributed by atoms with van der Waals surface area (Å²) in [4.78, 5) is 5.92. The van der Waals surface area contributed by atoms with Gasteiger partial charge in [-0.25, -0.2) is 4.98 Å². The maximum absolute atomic E-state index is 12.5. The van der Waals surface area contributed by atoms with Gasteiger partial charge in [0.05, 0.1) is 6.54 Å². The van der Waals surface area contributed by atoms with Crippen LogP contribution in [0.15, 0.2) is 12.4 Å². The Morgan fingerprint density at radius 1 is 1.29 bits per heavy atom. The van der Waals surface area contributed by atoms with E-state index < -0.39 is 12.7 Å². The number of halogens is 3. The molecule has 5 nitrogen and oxygen atoms in total. The van der Waals surface area contributed by atoms with Gasteiger partial charge in [0.25, 0.3) is 0 Å². The van der Waals surface area contributed by atoms with Gasteiger partial charge < -0.3 is 14.6 Å². The lowest BCUT2D eigenvalue weighted by Gasteiger charge is -2.34. The van der Waals surface area contributed by atoms with E-state index in [1.54, 1.807) is 6.20 Å². The molecule has 0 unspecified atom stereocenters. The van der Waals surface area contributed by atoms with Crippen molar-refractivity contribution in [3.05, 3.63) is 18.2 Å². The Hall–Kier alpha value is -1.12. The summed E-state index contributed by atoms with van der Waals surface area (Å²) in [5.74, 6) is 0.932. The fourth-order valence-electron chi connectivity index (χ4n) is 3.67. The molecule has 3 rings (SSSR count). The molecule has 3 heterocycles. The Labute approximate surface area is 140 Å². The molecule has 8 heteroatoms. The first-order chi connectivity index (χ1) is 11.5. The second-order valence-electron chi connectivity index (χ2n) is 6.59. The zero-order valence-electron chi connectivity index (χ0n) is 13.9. The smallest absolute Gasteiger partial charge is 0.369 e. The van der Waals surface area contributed by atoms with Gasteiger partial charge in [-0.15, -0.1) is 0 Å². The molecule has 0 aliphatic carbocycles. The first-order valence-corrected chi connectivity index (χ1v) is 8.64. The number of alkyl halides is 3. The molecule has 2 atom stereocenters. The van der Waals surface area contributed by atoms with Crippen LogP contribution in [-0.2, 0) is 11.3 Å².